The van der Waals surface area contributed by atoms with Gasteiger partial charge in [0.1, 0.15) is 5.03 Å². The minimum Gasteiger partial charge on any atom is -0.454 e. The fraction of sp³-hybridized carbons (Fsp3) is 0.517. The summed E-state index contributed by atoms with van der Waals surface area (Å²) in [6.07, 6.45) is 9.18. The molecule has 5 aliphatic rings. The van der Waals surface area contributed by atoms with E-state index in [0.29, 0.717) is 22.2 Å². The van der Waals surface area contributed by atoms with Crippen LogP contribution in [0.5, 0.6) is 11.5 Å². The van der Waals surface area contributed by atoms with E-state index in [4.69, 9.17) is 14.2 Å². The maximum absolute atomic E-state index is 12.8. The number of nitrogens with zero attached hydrogens (tertiary/aromatic N) is 1. The molecule has 4 aliphatic carbocycles. The number of amides is 2. The molecule has 10 heteroatoms. The predicted molar refractivity (Wildman–Crippen MR) is 145 cm³/mol. The van der Waals surface area contributed by atoms with Crippen LogP contribution in [0.3, 0.4) is 0 Å². The van der Waals surface area contributed by atoms with Crippen molar-refractivity contribution in [2.45, 2.75) is 56.5 Å². The molecule has 4 saturated carbocycles. The van der Waals surface area contributed by atoms with E-state index < -0.39 is 5.97 Å². The van der Waals surface area contributed by atoms with Gasteiger partial charge in [-0.3, -0.25) is 9.59 Å². The first-order valence-corrected chi connectivity index (χ1v) is 14.6. The Morgan fingerprint density at radius 1 is 1.05 bits per heavy atom. The largest absolute Gasteiger partial charge is 0.454 e. The summed E-state index contributed by atoms with van der Waals surface area (Å²) in [4.78, 5) is 42.4. The second-order valence-corrected chi connectivity index (χ2v) is 12.4. The molecule has 1 aliphatic heterocycles. The van der Waals surface area contributed by atoms with Gasteiger partial charge in [0.15, 0.2) is 18.1 Å². The minimum atomic E-state index is -0.639. The highest BCUT2D eigenvalue weighted by atomic mass is 32.2. The Balaban J connectivity index is 0.996. The van der Waals surface area contributed by atoms with Crippen LogP contribution in [0.2, 0.25) is 0 Å². The van der Waals surface area contributed by atoms with Crippen LogP contribution in [0.25, 0.3) is 0 Å². The number of fused-ring (bicyclic) bond motifs is 1. The lowest BCUT2D eigenvalue weighted by Crippen LogP contribution is -2.56. The minimum absolute atomic E-state index is 0.0365. The molecule has 0 unspecified atom stereocenters. The smallest absolute Gasteiger partial charge is 0.341 e. The molecule has 0 saturated heterocycles. The molecule has 2 heterocycles. The summed E-state index contributed by atoms with van der Waals surface area (Å²) in [7, 11) is 0. The number of anilines is 1. The van der Waals surface area contributed by atoms with Crippen molar-refractivity contribution >= 4 is 35.2 Å². The molecule has 1 atom stereocenters. The van der Waals surface area contributed by atoms with Gasteiger partial charge in [-0.25, -0.2) is 9.78 Å². The van der Waals surface area contributed by atoms with E-state index in [1.54, 1.807) is 36.5 Å². The van der Waals surface area contributed by atoms with Crippen LogP contribution in [0.1, 0.15) is 55.8 Å². The van der Waals surface area contributed by atoms with E-state index in [1.165, 1.54) is 38.5 Å². The molecule has 39 heavy (non-hydrogen) atoms. The Labute approximate surface area is 231 Å². The van der Waals surface area contributed by atoms with Gasteiger partial charge in [0.25, 0.3) is 5.91 Å². The highest BCUT2D eigenvalue weighted by molar-refractivity contribution is 8.00. The second-order valence-electron chi connectivity index (χ2n) is 11.4. The van der Waals surface area contributed by atoms with Crippen molar-refractivity contribution in [3.05, 3.63) is 42.1 Å². The highest BCUT2D eigenvalue weighted by Gasteiger charge is 2.53. The first-order valence-electron chi connectivity index (χ1n) is 13.6. The molecule has 0 radical (unpaired) electrons. The number of benzene rings is 1. The Morgan fingerprint density at radius 2 is 1.77 bits per heavy atom. The molecule has 2 N–H and O–H groups in total. The Hall–Kier alpha value is -3.27. The van der Waals surface area contributed by atoms with Crippen molar-refractivity contribution in [3.8, 4) is 11.5 Å². The van der Waals surface area contributed by atoms with Gasteiger partial charge in [0.2, 0.25) is 12.7 Å². The zero-order chi connectivity index (χ0) is 27.0. The number of pyridine rings is 1. The van der Waals surface area contributed by atoms with E-state index in [0.717, 1.165) is 29.5 Å². The van der Waals surface area contributed by atoms with Gasteiger partial charge in [-0.1, -0.05) is 11.8 Å². The third-order valence-corrected chi connectivity index (χ3v) is 9.71. The van der Waals surface area contributed by atoms with E-state index in [2.05, 4.69) is 22.5 Å². The van der Waals surface area contributed by atoms with Crippen LogP contribution in [-0.2, 0) is 14.3 Å². The first kappa shape index (κ1) is 26.0. The number of aromatic nitrogens is 1. The van der Waals surface area contributed by atoms with Gasteiger partial charge < -0.3 is 24.8 Å². The van der Waals surface area contributed by atoms with Crippen LogP contribution in [0.4, 0.5) is 5.69 Å². The molecule has 2 amide bonds. The topological polar surface area (TPSA) is 116 Å². The summed E-state index contributed by atoms with van der Waals surface area (Å²) in [5.74, 6) is 2.46. The molecule has 7 rings (SSSR count). The predicted octanol–water partition coefficient (Wildman–Crippen LogP) is 4.42. The second kappa shape index (κ2) is 10.7. The summed E-state index contributed by atoms with van der Waals surface area (Å²) in [5.41, 5.74) is 0.988. The fourth-order valence-electron chi connectivity index (χ4n) is 7.32. The normalized spacial score (nSPS) is 26.6. The fourth-order valence-corrected chi connectivity index (χ4v) is 8.10. The van der Waals surface area contributed by atoms with Gasteiger partial charge in [0.05, 0.1) is 11.3 Å². The van der Waals surface area contributed by atoms with Gasteiger partial charge >= 0.3 is 5.97 Å². The maximum atomic E-state index is 12.8. The molecule has 0 spiro atoms. The molecular weight excluding hydrogens is 518 g/mol. The van der Waals surface area contributed by atoms with Crippen LogP contribution in [0, 0.1) is 23.2 Å². The highest BCUT2D eigenvalue weighted by Crippen LogP contribution is 2.61. The van der Waals surface area contributed by atoms with Crippen LogP contribution >= 0.6 is 11.8 Å². The first-order chi connectivity index (χ1) is 18.9. The van der Waals surface area contributed by atoms with Crippen molar-refractivity contribution in [1.29, 1.82) is 0 Å². The van der Waals surface area contributed by atoms with Gasteiger partial charge in [0, 0.05) is 24.0 Å². The van der Waals surface area contributed by atoms with E-state index >= 15 is 0 Å². The van der Waals surface area contributed by atoms with E-state index in [-0.39, 0.29) is 48.0 Å². The lowest BCUT2D eigenvalue weighted by atomic mass is 9.48. The average Bonchev–Trinajstić information content (AvgIpc) is 3.38. The summed E-state index contributed by atoms with van der Waals surface area (Å²) in [6.45, 7) is 1.92. The number of thioether (sulfide) groups is 1. The van der Waals surface area contributed by atoms with Crippen LogP contribution < -0.4 is 20.1 Å². The SMILES string of the molecule is C[C@H](NC(=O)COC(=O)c1cccnc1SCC(=O)Nc1ccc2c(c1)OCO2)C12CC3CC(CC(C3)C1)C2. The maximum Gasteiger partial charge on any atom is 0.341 e. The molecule has 4 fully saturated rings. The summed E-state index contributed by atoms with van der Waals surface area (Å²) in [5, 5.41) is 6.30. The molecule has 9 nitrogen and oxygen atoms in total. The lowest BCUT2D eigenvalue weighted by molar-refractivity contribution is -0.128. The molecule has 206 valence electrons. The van der Waals surface area contributed by atoms with Gasteiger partial charge in [-0.15, -0.1) is 0 Å². The Kier molecular flexibility index (Phi) is 7.14. The summed E-state index contributed by atoms with van der Waals surface area (Å²) >= 11 is 1.12. The number of nitrogens with one attached hydrogen (secondary N) is 2. The van der Waals surface area contributed by atoms with Crippen molar-refractivity contribution in [3.63, 3.8) is 0 Å². The average molecular weight is 552 g/mol. The zero-order valence-corrected chi connectivity index (χ0v) is 22.8. The van der Waals surface area contributed by atoms with Crippen LogP contribution in [0.15, 0.2) is 41.6 Å². The number of rotatable bonds is 9. The number of carbonyl (C=O) groups excluding carboxylic acids is 3. The molecule has 4 bridgehead atoms. The molecule has 1 aromatic heterocycles. The third kappa shape index (κ3) is 5.57. The van der Waals surface area contributed by atoms with E-state index in [9.17, 15) is 14.4 Å². The molecular formula is C29H33N3O6S. The monoisotopic (exact) mass is 551 g/mol. The standard InChI is InChI=1S/C29H33N3O6S/c1-17(29-11-18-7-19(12-29)9-20(8-18)13-29)31-25(33)14-36-28(35)22-3-2-6-30-27(22)39-15-26(34)32-21-4-5-23-24(10-21)38-16-37-23/h2-6,10,17-20H,7-9,11-16H2,1H3,(H,31,33)(H,32,34)/t17-,18?,19?,20?,29?/m0/s1. The Morgan fingerprint density at radius 3 is 2.51 bits per heavy atom. The van der Waals surface area contributed by atoms with Crippen LogP contribution in [-0.4, -0.2) is 48.0 Å². The van der Waals surface area contributed by atoms with Gasteiger partial charge in [-0.05, 0) is 92.9 Å². The number of carbonyl (C=O) groups is 3. The number of esters is 1. The number of hydrogen-bond donors (Lipinski definition) is 2. The van der Waals surface area contributed by atoms with Crippen molar-refractivity contribution in [2.24, 2.45) is 23.2 Å². The Bertz CT molecular complexity index is 1250. The molecule has 2 aromatic rings. The molecule has 1 aromatic carbocycles. The van der Waals surface area contributed by atoms with E-state index in [1.807, 2.05) is 0 Å². The summed E-state index contributed by atoms with van der Waals surface area (Å²) in [6, 6.07) is 8.44. The summed E-state index contributed by atoms with van der Waals surface area (Å²) < 4.78 is 16.0. The van der Waals surface area contributed by atoms with Gasteiger partial charge in [-0.2, -0.15) is 0 Å². The lowest BCUT2D eigenvalue weighted by Gasteiger charge is -2.59. The van der Waals surface area contributed by atoms with Crippen molar-refractivity contribution in [1.82, 2.24) is 10.3 Å². The number of hydrogen-bond acceptors (Lipinski definition) is 8. The third-order valence-electron chi connectivity index (χ3n) is 8.70. The zero-order valence-electron chi connectivity index (χ0n) is 21.9. The quantitative estimate of drug-likeness (QED) is 0.348. The van der Waals surface area contributed by atoms with Crippen molar-refractivity contribution in [2.75, 3.05) is 24.5 Å². The number of ether oxygens (including phenoxy) is 3. The van der Waals surface area contributed by atoms with Crippen molar-refractivity contribution < 1.29 is 28.6 Å².